The summed E-state index contributed by atoms with van der Waals surface area (Å²) in [6.07, 6.45) is 0. The Bertz CT molecular complexity index is 1810. The van der Waals surface area contributed by atoms with Crippen LogP contribution in [0.5, 0.6) is 0 Å². The molecular formula is C29H29ClF2N4O6. The minimum Gasteiger partial charge on any atom is -0.443 e. The normalized spacial score (nSPS) is 12.0. The Morgan fingerprint density at radius 3 is 1.93 bits per heavy atom. The monoisotopic (exact) mass is 602 g/mol. The van der Waals surface area contributed by atoms with Gasteiger partial charge in [0.15, 0.2) is 30.4 Å². The summed E-state index contributed by atoms with van der Waals surface area (Å²) < 4.78 is 42.4. The van der Waals surface area contributed by atoms with Gasteiger partial charge in [-0.05, 0) is 77.9 Å². The summed E-state index contributed by atoms with van der Waals surface area (Å²) in [5, 5.41) is 0.371. The molecule has 0 fully saturated rings. The number of fused-ring (bicyclic) bond motifs is 1. The number of carbonyl (C=O) groups excluding carboxylic acids is 2. The zero-order valence-electron chi connectivity index (χ0n) is 23.8. The lowest BCUT2D eigenvalue weighted by Crippen LogP contribution is -2.43. The fraction of sp³-hybridized carbons (Fsp3) is 0.345. The highest BCUT2D eigenvalue weighted by Crippen LogP contribution is 2.30. The van der Waals surface area contributed by atoms with E-state index in [-0.39, 0.29) is 22.6 Å². The molecule has 0 atom stereocenters. The van der Waals surface area contributed by atoms with Crippen LogP contribution in [0.4, 0.5) is 8.78 Å². The summed E-state index contributed by atoms with van der Waals surface area (Å²) in [6.45, 7) is 8.23. The lowest BCUT2D eigenvalue weighted by atomic mass is 9.97. The van der Waals surface area contributed by atoms with E-state index in [0.717, 1.165) is 16.7 Å². The van der Waals surface area contributed by atoms with Crippen molar-refractivity contribution in [1.82, 2.24) is 18.7 Å². The van der Waals surface area contributed by atoms with E-state index in [1.807, 2.05) is 0 Å². The van der Waals surface area contributed by atoms with Gasteiger partial charge < -0.3 is 9.47 Å². The highest BCUT2D eigenvalue weighted by molar-refractivity contribution is 6.30. The Hall–Kier alpha value is -4.32. The van der Waals surface area contributed by atoms with Gasteiger partial charge in [-0.2, -0.15) is 0 Å². The Morgan fingerprint density at radius 2 is 1.40 bits per heavy atom. The first-order valence-electron chi connectivity index (χ1n) is 12.8. The summed E-state index contributed by atoms with van der Waals surface area (Å²) in [7, 11) is 0. The number of hydrogen-bond donors (Lipinski definition) is 0. The molecule has 0 amide bonds. The van der Waals surface area contributed by atoms with Crippen LogP contribution in [0.15, 0.2) is 52.1 Å². The van der Waals surface area contributed by atoms with Gasteiger partial charge in [-0.15, -0.1) is 0 Å². The van der Waals surface area contributed by atoms with Gasteiger partial charge in [0.05, 0.1) is 16.4 Å². The van der Waals surface area contributed by atoms with Crippen LogP contribution in [0, 0.1) is 22.5 Å². The number of rotatable bonds is 6. The predicted molar refractivity (Wildman–Crippen MR) is 151 cm³/mol. The molecule has 0 N–H and O–H groups in total. The lowest BCUT2D eigenvalue weighted by molar-refractivity contribution is -0.157. The maximum absolute atomic E-state index is 15.1. The van der Waals surface area contributed by atoms with E-state index in [9.17, 15) is 23.6 Å². The molecule has 42 heavy (non-hydrogen) atoms. The van der Waals surface area contributed by atoms with Crippen LogP contribution < -0.4 is 11.2 Å². The van der Waals surface area contributed by atoms with Gasteiger partial charge in [0.2, 0.25) is 0 Å². The van der Waals surface area contributed by atoms with Crippen molar-refractivity contribution in [1.29, 1.82) is 0 Å². The van der Waals surface area contributed by atoms with Crippen molar-refractivity contribution in [2.45, 2.75) is 55.0 Å². The molecule has 10 nitrogen and oxygen atoms in total. The first-order chi connectivity index (χ1) is 19.5. The number of esters is 2. The molecule has 0 bridgehead atoms. The van der Waals surface area contributed by atoms with Crippen molar-refractivity contribution in [3.8, 4) is 17.1 Å². The molecular weight excluding hydrogens is 574 g/mol. The second-order valence-electron chi connectivity index (χ2n) is 11.6. The molecule has 4 rings (SSSR count). The van der Waals surface area contributed by atoms with Gasteiger partial charge in [-0.1, -0.05) is 11.6 Å². The second-order valence-corrected chi connectivity index (χ2v) is 12.0. The number of halogens is 3. The number of benzene rings is 2. The van der Waals surface area contributed by atoms with Gasteiger partial charge in [-0.3, -0.25) is 19.0 Å². The van der Waals surface area contributed by atoms with Gasteiger partial charge in [0, 0.05) is 16.8 Å². The van der Waals surface area contributed by atoms with Gasteiger partial charge in [-0.25, -0.2) is 27.7 Å². The van der Waals surface area contributed by atoms with Gasteiger partial charge in [0.1, 0.15) is 11.6 Å². The maximum atomic E-state index is 15.1. The topological polar surface area (TPSA) is 114 Å². The number of nitrogens with zero attached hydrogens (tertiary/aromatic N) is 4. The molecule has 2 aromatic carbocycles. The Morgan fingerprint density at radius 1 is 0.857 bits per heavy atom. The van der Waals surface area contributed by atoms with E-state index in [1.165, 1.54) is 28.8 Å². The average molecular weight is 603 g/mol. The molecule has 0 spiro atoms. The SMILES string of the molecule is CC(C)(C)C(=O)OCn1c(=O)c2c(nc(-c3ccc(F)cc3F)n2-c2ccc(Cl)cc2)n(COC(=O)C(C)(C)C)c1=O. The second kappa shape index (κ2) is 11.2. The van der Waals surface area contributed by atoms with Crippen molar-refractivity contribution in [3.05, 3.63) is 80.0 Å². The summed E-state index contributed by atoms with van der Waals surface area (Å²) >= 11 is 6.07. The molecule has 4 aromatic rings. The fourth-order valence-corrected chi connectivity index (χ4v) is 3.97. The molecule has 0 saturated heterocycles. The van der Waals surface area contributed by atoms with E-state index in [0.29, 0.717) is 21.3 Å². The Kier molecular flexibility index (Phi) is 8.14. The van der Waals surface area contributed by atoms with Crippen LogP contribution in [0.3, 0.4) is 0 Å². The minimum absolute atomic E-state index is 0.151. The largest absolute Gasteiger partial charge is 0.443 e. The standard InChI is InChI=1S/C29H29ClF2N4O6/c1-28(2,3)25(38)41-14-34-23-21(24(37)35(27(34)40)15-42-26(39)29(4,5)6)36(18-10-7-16(30)8-11-18)22(33-23)19-12-9-17(31)13-20(19)32/h7-13H,14-15H2,1-6H3. The van der Waals surface area contributed by atoms with E-state index in [4.69, 9.17) is 21.1 Å². The molecule has 0 saturated carbocycles. The molecule has 0 radical (unpaired) electrons. The molecule has 222 valence electrons. The van der Waals surface area contributed by atoms with E-state index >= 15 is 4.39 Å². The minimum atomic E-state index is -0.997. The fourth-order valence-electron chi connectivity index (χ4n) is 3.84. The highest BCUT2D eigenvalue weighted by atomic mass is 35.5. The highest BCUT2D eigenvalue weighted by Gasteiger charge is 2.29. The average Bonchev–Trinajstić information content (AvgIpc) is 3.27. The van der Waals surface area contributed by atoms with Crippen molar-refractivity contribution >= 4 is 34.7 Å². The van der Waals surface area contributed by atoms with E-state index < -0.39 is 59.1 Å². The molecule has 0 aliphatic heterocycles. The van der Waals surface area contributed by atoms with Crippen LogP contribution in [-0.4, -0.2) is 30.6 Å². The number of aromatic nitrogens is 4. The van der Waals surface area contributed by atoms with Crippen LogP contribution in [0.2, 0.25) is 5.02 Å². The first kappa shape index (κ1) is 30.6. The predicted octanol–water partition coefficient (Wildman–Crippen LogP) is 5.04. The lowest BCUT2D eigenvalue weighted by Gasteiger charge is -2.19. The molecule has 0 aliphatic carbocycles. The number of carbonyl (C=O) groups is 2. The smallest absolute Gasteiger partial charge is 0.338 e. The third kappa shape index (κ3) is 5.98. The van der Waals surface area contributed by atoms with Crippen LogP contribution in [0.1, 0.15) is 41.5 Å². The van der Waals surface area contributed by atoms with Crippen LogP contribution >= 0.6 is 11.6 Å². The first-order valence-corrected chi connectivity index (χ1v) is 13.2. The number of imidazole rings is 1. The van der Waals surface area contributed by atoms with Crippen LogP contribution in [-0.2, 0) is 32.5 Å². The molecule has 2 heterocycles. The Labute approximate surface area is 244 Å². The van der Waals surface area contributed by atoms with Gasteiger partial charge in [0.25, 0.3) is 5.56 Å². The third-order valence-corrected chi connectivity index (χ3v) is 6.41. The van der Waals surface area contributed by atoms with Crippen molar-refractivity contribution < 1.29 is 27.8 Å². The number of ether oxygens (including phenoxy) is 2. The van der Waals surface area contributed by atoms with E-state index in [2.05, 4.69) is 4.98 Å². The Balaban J connectivity index is 2.07. The van der Waals surface area contributed by atoms with Crippen molar-refractivity contribution in [2.24, 2.45) is 10.8 Å². The summed E-state index contributed by atoms with van der Waals surface area (Å²) in [5.41, 5.74) is -4.15. The molecule has 0 aliphatic rings. The number of hydrogen-bond acceptors (Lipinski definition) is 7. The van der Waals surface area contributed by atoms with Gasteiger partial charge >= 0.3 is 17.6 Å². The summed E-state index contributed by atoms with van der Waals surface area (Å²) in [4.78, 5) is 57.1. The third-order valence-electron chi connectivity index (χ3n) is 6.16. The molecule has 2 aromatic heterocycles. The quantitative estimate of drug-likeness (QED) is 0.284. The molecule has 0 unspecified atom stereocenters. The molecule has 13 heteroatoms. The summed E-state index contributed by atoms with van der Waals surface area (Å²) in [6, 6.07) is 8.94. The summed E-state index contributed by atoms with van der Waals surface area (Å²) in [5.74, 6) is -3.30. The van der Waals surface area contributed by atoms with Crippen molar-refractivity contribution in [3.63, 3.8) is 0 Å². The van der Waals surface area contributed by atoms with Crippen molar-refractivity contribution in [2.75, 3.05) is 0 Å². The zero-order chi connectivity index (χ0) is 31.1. The van der Waals surface area contributed by atoms with Crippen LogP contribution in [0.25, 0.3) is 28.2 Å². The van der Waals surface area contributed by atoms with E-state index in [1.54, 1.807) is 41.5 Å². The zero-order valence-corrected chi connectivity index (χ0v) is 24.6. The maximum Gasteiger partial charge on any atom is 0.338 e.